The molecular weight excluding hydrogens is 459 g/mol. The highest BCUT2D eigenvalue weighted by atomic mass is 19.1. The zero-order chi connectivity index (χ0) is 26.1. The molecule has 1 heterocycles. The van der Waals surface area contributed by atoms with Crippen molar-refractivity contribution in [2.75, 3.05) is 26.0 Å². The number of rotatable bonds is 6. The number of urea groups is 1. The number of carboxylic acid groups (broad SMARTS) is 1. The van der Waals surface area contributed by atoms with Crippen molar-refractivity contribution < 1.29 is 27.9 Å². The van der Waals surface area contributed by atoms with Gasteiger partial charge in [-0.25, -0.2) is 22.8 Å². The zero-order valence-corrected chi connectivity index (χ0v) is 20.4. The molecule has 1 aliphatic heterocycles. The van der Waals surface area contributed by atoms with Crippen molar-refractivity contribution in [2.24, 2.45) is 0 Å². The smallest absolute Gasteiger partial charge is 0.328 e. The third kappa shape index (κ3) is 6.22. The minimum absolute atomic E-state index is 0.0586. The molecule has 2 N–H and O–H groups in total. The van der Waals surface area contributed by atoms with Gasteiger partial charge in [0.15, 0.2) is 0 Å². The summed E-state index contributed by atoms with van der Waals surface area (Å²) in [6.45, 7) is 4.64. The number of carbonyl (C=O) groups is 2. The zero-order valence-electron chi connectivity index (χ0n) is 20.4. The predicted molar refractivity (Wildman–Crippen MR) is 129 cm³/mol. The number of halogens is 3. The predicted octanol–water partition coefficient (Wildman–Crippen LogP) is 5.24. The molecule has 0 fully saturated rings. The fraction of sp³-hybridized carbons (Fsp3) is 0.385. The number of anilines is 1. The largest absolute Gasteiger partial charge is 0.478 e. The van der Waals surface area contributed by atoms with Crippen LogP contribution in [0.3, 0.4) is 0 Å². The molecule has 0 saturated heterocycles. The van der Waals surface area contributed by atoms with E-state index in [1.165, 1.54) is 18.7 Å². The molecule has 2 aromatic rings. The Labute approximate surface area is 203 Å². The summed E-state index contributed by atoms with van der Waals surface area (Å²) in [7, 11) is 3.23. The van der Waals surface area contributed by atoms with E-state index >= 15 is 8.78 Å². The van der Waals surface area contributed by atoms with E-state index in [4.69, 9.17) is 5.11 Å². The summed E-state index contributed by atoms with van der Waals surface area (Å²) in [6, 6.07) is 5.79. The topological polar surface area (TPSA) is 72.9 Å². The average molecular weight is 490 g/mol. The molecule has 188 valence electrons. The molecule has 0 unspecified atom stereocenters. The second-order valence-electron chi connectivity index (χ2n) is 9.65. The van der Waals surface area contributed by atoms with Crippen LogP contribution >= 0.6 is 0 Å². The monoisotopic (exact) mass is 489 g/mol. The standard InChI is InChI=1S/C26H30F3N3O3/c1-15-10-17-13-18(30-25(35)31(4)5)7-8-19(17)24(32(15)14-26(2,3)29)23-20(27)11-16(12-21(23)28)6-9-22(33)34/h6-9,11-13,15,24H,10,14H2,1-5H3,(H,30,35)(H,33,34)/b9-6+/t15-,24+/m1/s1. The fourth-order valence-electron chi connectivity index (χ4n) is 4.36. The summed E-state index contributed by atoms with van der Waals surface area (Å²) in [5.41, 5.74) is 0.153. The van der Waals surface area contributed by atoms with Gasteiger partial charge in [-0.05, 0) is 74.2 Å². The molecule has 2 aromatic carbocycles. The third-order valence-electron chi connectivity index (χ3n) is 5.86. The van der Waals surface area contributed by atoms with Crippen molar-refractivity contribution in [1.29, 1.82) is 0 Å². The van der Waals surface area contributed by atoms with Crippen LogP contribution in [0.2, 0.25) is 0 Å². The van der Waals surface area contributed by atoms with E-state index in [0.29, 0.717) is 17.7 Å². The van der Waals surface area contributed by atoms with Crippen LogP contribution in [0.15, 0.2) is 36.4 Å². The van der Waals surface area contributed by atoms with Gasteiger partial charge in [-0.3, -0.25) is 4.90 Å². The number of carbonyl (C=O) groups excluding carboxylic acids is 1. The van der Waals surface area contributed by atoms with Gasteiger partial charge in [0.2, 0.25) is 0 Å². The number of nitrogens with zero attached hydrogens (tertiary/aromatic N) is 2. The van der Waals surface area contributed by atoms with Crippen LogP contribution in [-0.4, -0.2) is 59.3 Å². The Morgan fingerprint density at radius 2 is 1.83 bits per heavy atom. The number of benzene rings is 2. The van der Waals surface area contributed by atoms with E-state index in [9.17, 15) is 14.0 Å². The molecule has 3 rings (SSSR count). The number of alkyl halides is 1. The molecule has 0 spiro atoms. The number of hydrogen-bond donors (Lipinski definition) is 2. The highest BCUT2D eigenvalue weighted by molar-refractivity contribution is 5.89. The molecule has 1 aliphatic rings. The van der Waals surface area contributed by atoms with Crippen LogP contribution in [0, 0.1) is 11.6 Å². The molecule has 0 saturated carbocycles. The van der Waals surface area contributed by atoms with Crippen LogP contribution < -0.4 is 5.32 Å². The average Bonchev–Trinajstić information content (AvgIpc) is 2.72. The Hall–Kier alpha value is -3.33. The lowest BCUT2D eigenvalue weighted by molar-refractivity contribution is -0.131. The molecule has 35 heavy (non-hydrogen) atoms. The number of amides is 2. The molecule has 0 aromatic heterocycles. The first-order chi connectivity index (χ1) is 16.3. The van der Waals surface area contributed by atoms with E-state index in [2.05, 4.69) is 5.32 Å². The minimum atomic E-state index is -1.62. The second-order valence-corrected chi connectivity index (χ2v) is 9.65. The van der Waals surface area contributed by atoms with Crippen LogP contribution in [0.5, 0.6) is 0 Å². The first kappa shape index (κ1) is 26.3. The van der Waals surface area contributed by atoms with Crippen LogP contribution in [0.25, 0.3) is 6.08 Å². The summed E-state index contributed by atoms with van der Waals surface area (Å²) in [6.07, 6.45) is 2.40. The van der Waals surface area contributed by atoms with Gasteiger partial charge in [0.25, 0.3) is 0 Å². The highest BCUT2D eigenvalue weighted by Gasteiger charge is 2.39. The Balaban J connectivity index is 2.14. The van der Waals surface area contributed by atoms with Gasteiger partial charge in [-0.1, -0.05) is 6.07 Å². The summed E-state index contributed by atoms with van der Waals surface area (Å²) in [4.78, 5) is 26.0. The Kier molecular flexibility index (Phi) is 7.59. The maximum Gasteiger partial charge on any atom is 0.328 e. The molecule has 6 nitrogen and oxygen atoms in total. The van der Waals surface area contributed by atoms with Crippen molar-refractivity contribution in [3.8, 4) is 0 Å². The highest BCUT2D eigenvalue weighted by Crippen LogP contribution is 2.42. The van der Waals surface area contributed by atoms with Gasteiger partial charge in [0, 0.05) is 44.0 Å². The molecule has 2 amide bonds. The number of hydrogen-bond acceptors (Lipinski definition) is 3. The molecule has 0 aliphatic carbocycles. The van der Waals surface area contributed by atoms with Gasteiger partial charge >= 0.3 is 12.0 Å². The minimum Gasteiger partial charge on any atom is -0.478 e. The maximum absolute atomic E-state index is 15.4. The molecule has 9 heteroatoms. The van der Waals surface area contributed by atoms with E-state index in [1.54, 1.807) is 37.2 Å². The van der Waals surface area contributed by atoms with Crippen molar-refractivity contribution >= 4 is 23.8 Å². The SMILES string of the molecule is C[C@@H]1Cc2cc(NC(=O)N(C)C)ccc2[C@@H](c2c(F)cc(/C=C/C(=O)O)cc2F)N1CC(C)(C)F. The lowest BCUT2D eigenvalue weighted by atomic mass is 9.83. The molecule has 0 bridgehead atoms. The Morgan fingerprint density at radius 3 is 2.37 bits per heavy atom. The van der Waals surface area contributed by atoms with Crippen molar-refractivity contribution in [1.82, 2.24) is 9.80 Å². The quantitative estimate of drug-likeness (QED) is 0.545. The van der Waals surface area contributed by atoms with Crippen LogP contribution in [0.1, 0.15) is 49.1 Å². The Bertz CT molecular complexity index is 1140. The number of nitrogens with one attached hydrogen (secondary N) is 1. The first-order valence-corrected chi connectivity index (χ1v) is 11.2. The molecule has 0 radical (unpaired) electrons. The molecule has 2 atom stereocenters. The number of carboxylic acids is 1. The normalized spacial score (nSPS) is 18.4. The van der Waals surface area contributed by atoms with Crippen molar-refractivity contribution in [3.05, 3.63) is 70.3 Å². The first-order valence-electron chi connectivity index (χ1n) is 11.2. The summed E-state index contributed by atoms with van der Waals surface area (Å²) in [5, 5.41) is 11.6. The van der Waals surface area contributed by atoms with Crippen LogP contribution in [-0.2, 0) is 11.2 Å². The van der Waals surface area contributed by atoms with E-state index in [0.717, 1.165) is 29.8 Å². The van der Waals surface area contributed by atoms with Gasteiger partial charge in [-0.15, -0.1) is 0 Å². The van der Waals surface area contributed by atoms with Crippen molar-refractivity contribution in [3.63, 3.8) is 0 Å². The van der Waals surface area contributed by atoms with E-state index in [1.807, 2.05) is 6.92 Å². The number of fused-ring (bicyclic) bond motifs is 1. The van der Waals surface area contributed by atoms with Gasteiger partial charge in [-0.2, -0.15) is 0 Å². The van der Waals surface area contributed by atoms with Gasteiger partial charge in [0.1, 0.15) is 17.3 Å². The summed E-state index contributed by atoms with van der Waals surface area (Å²) in [5.74, 6) is -2.95. The van der Waals surface area contributed by atoms with E-state index in [-0.39, 0.29) is 29.7 Å². The number of aliphatic carboxylic acids is 1. The summed E-state index contributed by atoms with van der Waals surface area (Å²) >= 11 is 0. The maximum atomic E-state index is 15.4. The fourth-order valence-corrected chi connectivity index (χ4v) is 4.36. The van der Waals surface area contributed by atoms with Gasteiger partial charge < -0.3 is 15.3 Å². The second kappa shape index (κ2) is 10.1. The lowest BCUT2D eigenvalue weighted by Gasteiger charge is -2.44. The third-order valence-corrected chi connectivity index (χ3v) is 5.86. The Morgan fingerprint density at radius 1 is 1.20 bits per heavy atom. The molecular formula is C26H30F3N3O3. The summed E-state index contributed by atoms with van der Waals surface area (Å²) < 4.78 is 45.6. The van der Waals surface area contributed by atoms with Crippen molar-refractivity contribution in [2.45, 2.75) is 44.9 Å². The van der Waals surface area contributed by atoms with Crippen LogP contribution in [0.4, 0.5) is 23.7 Å². The van der Waals surface area contributed by atoms with Gasteiger partial charge in [0.05, 0.1) is 6.04 Å². The van der Waals surface area contributed by atoms with E-state index < -0.39 is 29.3 Å². The lowest BCUT2D eigenvalue weighted by Crippen LogP contribution is -2.48.